The van der Waals surface area contributed by atoms with Crippen molar-refractivity contribution < 1.29 is 13.2 Å². The van der Waals surface area contributed by atoms with Gasteiger partial charge < -0.3 is 5.32 Å². The van der Waals surface area contributed by atoms with E-state index in [1.807, 2.05) is 6.07 Å². The van der Waals surface area contributed by atoms with Gasteiger partial charge in [0, 0.05) is 27.0 Å². The Labute approximate surface area is 126 Å². The molecule has 2 nitrogen and oxygen atoms in total. The fourth-order valence-electron chi connectivity index (χ4n) is 1.55. The van der Waals surface area contributed by atoms with E-state index >= 15 is 0 Å². The summed E-state index contributed by atoms with van der Waals surface area (Å²) in [5.41, 5.74) is 0.216. The molecule has 0 aliphatic rings. The van der Waals surface area contributed by atoms with Crippen LogP contribution in [-0.2, 0) is 12.7 Å². The van der Waals surface area contributed by atoms with Gasteiger partial charge in [0.25, 0.3) is 0 Å². The molecule has 0 aliphatic carbocycles. The minimum Gasteiger partial charge on any atom is -0.379 e. The van der Waals surface area contributed by atoms with Crippen LogP contribution in [0.1, 0.15) is 16.0 Å². The number of benzene rings is 1. The standard InChI is InChI=1S/C13H8BrF3N2S/c14-11-2-1-9(13(15,16)17)4-12(11)19-6-10-3-8(5-18)7-20-10/h1-4,7,19H,6H2. The molecule has 0 saturated heterocycles. The molecule has 0 amide bonds. The number of nitriles is 1. The van der Waals surface area contributed by atoms with Gasteiger partial charge in [-0.15, -0.1) is 11.3 Å². The summed E-state index contributed by atoms with van der Waals surface area (Å²) in [6.45, 7) is 0.367. The van der Waals surface area contributed by atoms with Crippen molar-refractivity contribution in [1.29, 1.82) is 5.26 Å². The number of rotatable bonds is 3. The van der Waals surface area contributed by atoms with Crippen molar-refractivity contribution in [2.75, 3.05) is 5.32 Å². The summed E-state index contributed by atoms with van der Waals surface area (Å²) >= 11 is 4.60. The Bertz CT molecular complexity index is 658. The van der Waals surface area contributed by atoms with Gasteiger partial charge in [-0.05, 0) is 40.2 Å². The third kappa shape index (κ3) is 3.52. The van der Waals surface area contributed by atoms with E-state index in [1.165, 1.54) is 17.4 Å². The van der Waals surface area contributed by atoms with Crippen molar-refractivity contribution >= 4 is 33.0 Å². The molecule has 1 heterocycles. The maximum atomic E-state index is 12.6. The van der Waals surface area contributed by atoms with Crippen molar-refractivity contribution in [2.24, 2.45) is 0 Å². The summed E-state index contributed by atoms with van der Waals surface area (Å²) in [6.07, 6.45) is -4.37. The summed E-state index contributed by atoms with van der Waals surface area (Å²) in [7, 11) is 0. The molecular weight excluding hydrogens is 353 g/mol. The summed E-state index contributed by atoms with van der Waals surface area (Å²) < 4.78 is 38.5. The molecule has 0 atom stereocenters. The van der Waals surface area contributed by atoms with Crippen LogP contribution in [0, 0.1) is 11.3 Å². The normalized spacial score (nSPS) is 11.2. The topological polar surface area (TPSA) is 35.8 Å². The van der Waals surface area contributed by atoms with E-state index < -0.39 is 11.7 Å². The first kappa shape index (κ1) is 14.9. The van der Waals surface area contributed by atoms with Gasteiger partial charge in [-0.3, -0.25) is 0 Å². The minimum atomic E-state index is -4.37. The molecule has 2 aromatic rings. The third-order valence-electron chi connectivity index (χ3n) is 2.53. The van der Waals surface area contributed by atoms with Crippen LogP contribution in [0.3, 0.4) is 0 Å². The lowest BCUT2D eigenvalue weighted by Crippen LogP contribution is -2.06. The molecule has 104 valence electrons. The van der Waals surface area contributed by atoms with Gasteiger partial charge in [0.05, 0.1) is 11.1 Å². The van der Waals surface area contributed by atoms with Crippen LogP contribution < -0.4 is 5.32 Å². The molecule has 0 bridgehead atoms. The number of thiophene rings is 1. The second-order valence-corrected chi connectivity index (χ2v) is 5.81. The van der Waals surface area contributed by atoms with Gasteiger partial charge in [-0.25, -0.2) is 0 Å². The maximum absolute atomic E-state index is 12.6. The molecule has 1 aromatic heterocycles. The highest BCUT2D eigenvalue weighted by molar-refractivity contribution is 9.10. The molecule has 0 saturated carbocycles. The zero-order valence-electron chi connectivity index (χ0n) is 9.96. The second-order valence-electron chi connectivity index (χ2n) is 3.96. The van der Waals surface area contributed by atoms with Crippen molar-refractivity contribution in [2.45, 2.75) is 12.7 Å². The van der Waals surface area contributed by atoms with Crippen molar-refractivity contribution in [3.8, 4) is 6.07 Å². The van der Waals surface area contributed by atoms with E-state index in [0.717, 1.165) is 17.0 Å². The van der Waals surface area contributed by atoms with E-state index in [4.69, 9.17) is 5.26 Å². The van der Waals surface area contributed by atoms with Crippen molar-refractivity contribution in [1.82, 2.24) is 0 Å². The molecule has 7 heteroatoms. The van der Waals surface area contributed by atoms with Gasteiger partial charge in [0.2, 0.25) is 0 Å². The molecule has 20 heavy (non-hydrogen) atoms. The summed E-state index contributed by atoms with van der Waals surface area (Å²) in [6, 6.07) is 7.16. The number of nitrogens with zero attached hydrogens (tertiary/aromatic N) is 1. The highest BCUT2D eigenvalue weighted by Crippen LogP contribution is 2.34. The molecule has 0 spiro atoms. The van der Waals surface area contributed by atoms with Crippen LogP contribution in [0.5, 0.6) is 0 Å². The predicted molar refractivity (Wildman–Crippen MR) is 75.5 cm³/mol. The quantitative estimate of drug-likeness (QED) is 0.834. The van der Waals surface area contributed by atoms with Crippen LogP contribution in [0.2, 0.25) is 0 Å². The molecule has 0 unspecified atom stereocenters. The molecule has 1 aromatic carbocycles. The van der Waals surface area contributed by atoms with Crippen LogP contribution in [0.15, 0.2) is 34.1 Å². The highest BCUT2D eigenvalue weighted by Gasteiger charge is 2.30. The van der Waals surface area contributed by atoms with Crippen LogP contribution in [-0.4, -0.2) is 0 Å². The van der Waals surface area contributed by atoms with E-state index in [9.17, 15) is 13.2 Å². The SMILES string of the molecule is N#Cc1csc(CNc2cc(C(F)(F)F)ccc2Br)c1. The average molecular weight is 361 g/mol. The average Bonchev–Trinajstić information content (AvgIpc) is 2.84. The number of hydrogen-bond acceptors (Lipinski definition) is 3. The minimum absolute atomic E-state index is 0.367. The largest absolute Gasteiger partial charge is 0.416 e. The van der Waals surface area contributed by atoms with Crippen molar-refractivity contribution in [3.05, 3.63) is 50.1 Å². The Morgan fingerprint density at radius 3 is 2.65 bits per heavy atom. The van der Waals surface area contributed by atoms with E-state index in [0.29, 0.717) is 22.3 Å². The molecular formula is C13H8BrF3N2S. The number of alkyl halides is 3. The summed E-state index contributed by atoms with van der Waals surface area (Å²) in [4.78, 5) is 0.880. The third-order valence-corrected chi connectivity index (χ3v) is 4.16. The monoisotopic (exact) mass is 360 g/mol. The number of anilines is 1. The molecule has 0 fully saturated rings. The second kappa shape index (κ2) is 5.85. The Hall–Kier alpha value is -1.52. The predicted octanol–water partition coefficient (Wildman–Crippen LogP) is 5.01. The van der Waals surface area contributed by atoms with Crippen LogP contribution in [0.25, 0.3) is 0 Å². The smallest absolute Gasteiger partial charge is 0.379 e. The highest BCUT2D eigenvalue weighted by atomic mass is 79.9. The summed E-state index contributed by atoms with van der Waals surface area (Å²) in [5.74, 6) is 0. The van der Waals surface area contributed by atoms with Gasteiger partial charge in [-0.2, -0.15) is 18.4 Å². The zero-order valence-corrected chi connectivity index (χ0v) is 12.4. The fourth-order valence-corrected chi connectivity index (χ4v) is 2.69. The maximum Gasteiger partial charge on any atom is 0.416 e. The lowest BCUT2D eigenvalue weighted by Gasteiger charge is -2.12. The molecule has 2 rings (SSSR count). The van der Waals surface area contributed by atoms with E-state index in [-0.39, 0.29) is 0 Å². The van der Waals surface area contributed by atoms with Crippen LogP contribution in [0.4, 0.5) is 18.9 Å². The van der Waals surface area contributed by atoms with Gasteiger partial charge in [0.1, 0.15) is 6.07 Å². The van der Waals surface area contributed by atoms with Gasteiger partial charge in [0.15, 0.2) is 0 Å². The molecule has 0 radical (unpaired) electrons. The number of hydrogen-bond donors (Lipinski definition) is 1. The Balaban J connectivity index is 2.15. The lowest BCUT2D eigenvalue weighted by molar-refractivity contribution is -0.137. The number of nitrogens with one attached hydrogen (secondary N) is 1. The lowest BCUT2D eigenvalue weighted by atomic mass is 10.2. The first-order valence-electron chi connectivity index (χ1n) is 5.48. The Kier molecular flexibility index (Phi) is 4.35. The first-order chi connectivity index (χ1) is 9.40. The van der Waals surface area contributed by atoms with Gasteiger partial charge >= 0.3 is 6.18 Å². The van der Waals surface area contributed by atoms with E-state index in [2.05, 4.69) is 21.2 Å². The van der Waals surface area contributed by atoms with Gasteiger partial charge in [-0.1, -0.05) is 0 Å². The van der Waals surface area contributed by atoms with Crippen molar-refractivity contribution in [3.63, 3.8) is 0 Å². The molecule has 1 N–H and O–H groups in total. The summed E-state index contributed by atoms with van der Waals surface area (Å²) in [5, 5.41) is 13.3. The van der Waals surface area contributed by atoms with E-state index in [1.54, 1.807) is 11.4 Å². The molecule has 0 aliphatic heterocycles. The fraction of sp³-hybridized carbons (Fsp3) is 0.154. The number of halogens is 4. The zero-order chi connectivity index (χ0) is 14.8. The van der Waals surface area contributed by atoms with Crippen LogP contribution >= 0.6 is 27.3 Å². The first-order valence-corrected chi connectivity index (χ1v) is 7.15. The Morgan fingerprint density at radius 2 is 2.05 bits per heavy atom. The Morgan fingerprint density at radius 1 is 1.30 bits per heavy atom.